The van der Waals surface area contributed by atoms with Gasteiger partial charge < -0.3 is 15.5 Å². The van der Waals surface area contributed by atoms with E-state index in [9.17, 15) is 15.2 Å². The van der Waals surface area contributed by atoms with E-state index in [2.05, 4.69) is 5.32 Å². The third-order valence-corrected chi connectivity index (χ3v) is 3.24. The van der Waals surface area contributed by atoms with Gasteiger partial charge in [-0.3, -0.25) is 10.1 Å². The van der Waals surface area contributed by atoms with Crippen molar-refractivity contribution in [1.82, 2.24) is 0 Å². The van der Waals surface area contributed by atoms with Crippen molar-refractivity contribution in [2.75, 3.05) is 11.9 Å². The van der Waals surface area contributed by atoms with Crippen LogP contribution >= 0.6 is 0 Å². The summed E-state index contributed by atoms with van der Waals surface area (Å²) in [4.78, 5) is 10.4. The quantitative estimate of drug-likeness (QED) is 0.518. The molecule has 0 amide bonds. The Hall–Kier alpha value is -1.66. The number of benzene rings is 1. The van der Waals surface area contributed by atoms with E-state index in [4.69, 9.17) is 5.11 Å². The zero-order valence-electron chi connectivity index (χ0n) is 11.2. The highest BCUT2D eigenvalue weighted by Crippen LogP contribution is 2.25. The molecule has 0 radical (unpaired) electrons. The van der Waals surface area contributed by atoms with E-state index in [1.165, 1.54) is 18.2 Å². The van der Waals surface area contributed by atoms with Gasteiger partial charge in [0.2, 0.25) is 0 Å². The summed E-state index contributed by atoms with van der Waals surface area (Å²) in [5, 5.41) is 32.7. The first-order valence-electron chi connectivity index (χ1n) is 6.29. The monoisotopic (exact) mass is 268 g/mol. The molecule has 3 N–H and O–H groups in total. The van der Waals surface area contributed by atoms with Crippen molar-refractivity contribution in [2.24, 2.45) is 5.92 Å². The summed E-state index contributed by atoms with van der Waals surface area (Å²) in [7, 11) is 0. The lowest BCUT2D eigenvalue weighted by atomic mass is 10.0. The molecule has 0 saturated carbocycles. The Kier molecular flexibility index (Phi) is 5.72. The molecule has 0 bridgehead atoms. The van der Waals surface area contributed by atoms with Crippen LogP contribution in [0, 0.1) is 16.0 Å². The molecular formula is C13H20N2O4. The first kappa shape index (κ1) is 15.4. The fraction of sp³-hybridized carbons (Fsp3) is 0.538. The van der Waals surface area contributed by atoms with Crippen LogP contribution in [0.4, 0.5) is 11.4 Å². The molecule has 0 spiro atoms. The predicted octanol–water partition coefficient (Wildman–Crippen LogP) is 1.91. The molecule has 6 nitrogen and oxygen atoms in total. The molecule has 0 saturated heterocycles. The van der Waals surface area contributed by atoms with E-state index in [-0.39, 0.29) is 24.8 Å². The highest BCUT2D eigenvalue weighted by Gasteiger charge is 2.17. The number of nitro benzene ring substituents is 1. The van der Waals surface area contributed by atoms with Crippen LogP contribution in [0.1, 0.15) is 25.8 Å². The maximum absolute atomic E-state index is 10.9. The van der Waals surface area contributed by atoms with Gasteiger partial charge in [0.1, 0.15) is 5.69 Å². The van der Waals surface area contributed by atoms with Crippen molar-refractivity contribution in [3.63, 3.8) is 0 Å². The Morgan fingerprint density at radius 1 is 1.47 bits per heavy atom. The molecule has 0 heterocycles. The summed E-state index contributed by atoms with van der Waals surface area (Å²) >= 11 is 0. The van der Waals surface area contributed by atoms with Crippen LogP contribution in [0.3, 0.4) is 0 Å². The van der Waals surface area contributed by atoms with E-state index >= 15 is 0 Å². The normalized spacial score (nSPS) is 13.9. The smallest absolute Gasteiger partial charge is 0.292 e. The lowest BCUT2D eigenvalue weighted by molar-refractivity contribution is -0.384. The van der Waals surface area contributed by atoms with Gasteiger partial charge in [0.25, 0.3) is 5.69 Å². The molecule has 1 rings (SSSR count). The summed E-state index contributed by atoms with van der Waals surface area (Å²) in [6.07, 6.45) is 0.268. The number of aliphatic hydroxyl groups is 2. The van der Waals surface area contributed by atoms with Gasteiger partial charge in [-0.15, -0.1) is 0 Å². The van der Waals surface area contributed by atoms with Gasteiger partial charge in [0.05, 0.1) is 17.6 Å². The molecule has 0 aliphatic heterocycles. The van der Waals surface area contributed by atoms with Gasteiger partial charge in [-0.25, -0.2) is 0 Å². The number of hydrogen-bond donors (Lipinski definition) is 3. The van der Waals surface area contributed by atoms with E-state index < -0.39 is 11.0 Å². The topological polar surface area (TPSA) is 95.6 Å². The molecular weight excluding hydrogens is 248 g/mol. The maximum Gasteiger partial charge on any atom is 0.292 e. The van der Waals surface area contributed by atoms with Crippen LogP contribution in [0.25, 0.3) is 0 Å². The van der Waals surface area contributed by atoms with Crippen molar-refractivity contribution in [3.8, 4) is 0 Å². The van der Waals surface area contributed by atoms with Gasteiger partial charge in [0, 0.05) is 12.6 Å². The van der Waals surface area contributed by atoms with Gasteiger partial charge in [0.15, 0.2) is 0 Å². The summed E-state index contributed by atoms with van der Waals surface area (Å²) < 4.78 is 0. The molecule has 0 aliphatic rings. The second-order valence-corrected chi connectivity index (χ2v) is 4.60. The Morgan fingerprint density at radius 2 is 2.16 bits per heavy atom. The van der Waals surface area contributed by atoms with Crippen LogP contribution in [-0.2, 0) is 6.61 Å². The second kappa shape index (κ2) is 7.06. The average molecular weight is 268 g/mol. The third-order valence-electron chi connectivity index (χ3n) is 3.24. The lowest BCUT2D eigenvalue weighted by Crippen LogP contribution is -2.26. The van der Waals surface area contributed by atoms with Crippen molar-refractivity contribution < 1.29 is 15.1 Å². The minimum absolute atomic E-state index is 0.0615. The zero-order valence-corrected chi connectivity index (χ0v) is 11.2. The van der Waals surface area contributed by atoms with E-state index in [0.29, 0.717) is 11.3 Å². The average Bonchev–Trinajstić information content (AvgIpc) is 2.43. The zero-order chi connectivity index (χ0) is 14.4. The number of hydrogen-bond acceptors (Lipinski definition) is 5. The van der Waals surface area contributed by atoms with Crippen molar-refractivity contribution in [1.29, 1.82) is 0 Å². The maximum atomic E-state index is 10.9. The molecule has 0 fully saturated rings. The van der Waals surface area contributed by atoms with Crippen molar-refractivity contribution >= 4 is 11.4 Å². The Bertz CT molecular complexity index is 437. The predicted molar refractivity (Wildman–Crippen MR) is 73.0 cm³/mol. The summed E-state index contributed by atoms with van der Waals surface area (Å²) in [5.74, 6) is 0.118. The number of nitrogens with one attached hydrogen (secondary N) is 1. The summed E-state index contributed by atoms with van der Waals surface area (Å²) in [6.45, 7) is 3.96. The summed E-state index contributed by atoms with van der Waals surface area (Å²) in [6, 6.07) is 4.39. The fourth-order valence-electron chi connectivity index (χ4n) is 1.67. The minimum atomic E-state index is -0.567. The number of aliphatic hydroxyl groups excluding tert-OH is 2. The summed E-state index contributed by atoms with van der Waals surface area (Å²) in [5.41, 5.74) is 0.846. The molecule has 19 heavy (non-hydrogen) atoms. The van der Waals surface area contributed by atoms with Crippen molar-refractivity contribution in [3.05, 3.63) is 33.9 Å². The van der Waals surface area contributed by atoms with Crippen LogP contribution in [0.2, 0.25) is 0 Å². The van der Waals surface area contributed by atoms with Gasteiger partial charge >= 0.3 is 0 Å². The van der Waals surface area contributed by atoms with Crippen LogP contribution in [0.5, 0.6) is 0 Å². The molecule has 0 aliphatic carbocycles. The fourth-order valence-corrected chi connectivity index (χ4v) is 1.67. The number of rotatable bonds is 7. The second-order valence-electron chi connectivity index (χ2n) is 4.60. The Morgan fingerprint density at radius 3 is 2.68 bits per heavy atom. The van der Waals surface area contributed by atoms with Crippen LogP contribution in [0.15, 0.2) is 18.2 Å². The largest absolute Gasteiger partial charge is 0.392 e. The van der Waals surface area contributed by atoms with Crippen molar-refractivity contribution in [2.45, 2.75) is 33.0 Å². The van der Waals surface area contributed by atoms with Gasteiger partial charge in [-0.1, -0.05) is 20.3 Å². The molecule has 2 unspecified atom stereocenters. The number of nitro groups is 1. The molecule has 1 aromatic rings. The van der Waals surface area contributed by atoms with Crippen LogP contribution in [-0.4, -0.2) is 27.8 Å². The minimum Gasteiger partial charge on any atom is -0.392 e. The highest BCUT2D eigenvalue weighted by molar-refractivity contribution is 5.62. The molecule has 106 valence electrons. The standard InChI is InChI=1S/C13H20N2O4/c1-3-9(2)13(17)7-14-11-6-10(8-16)4-5-12(11)15(18)19/h4-6,9,13-14,16-17H,3,7-8H2,1-2H3. The number of nitrogens with zero attached hydrogens (tertiary/aromatic N) is 1. The SMILES string of the molecule is CCC(C)C(O)CNc1cc(CO)ccc1[N+](=O)[O-]. The Labute approximate surface area is 112 Å². The van der Waals surface area contributed by atoms with E-state index in [0.717, 1.165) is 6.42 Å². The molecule has 1 aromatic carbocycles. The molecule has 6 heteroatoms. The third kappa shape index (κ3) is 4.18. The first-order valence-corrected chi connectivity index (χ1v) is 6.29. The van der Waals surface area contributed by atoms with E-state index in [1.54, 1.807) is 0 Å². The van der Waals surface area contributed by atoms with Gasteiger partial charge in [-0.2, -0.15) is 0 Å². The molecule has 0 aromatic heterocycles. The van der Waals surface area contributed by atoms with Gasteiger partial charge in [-0.05, 0) is 23.6 Å². The lowest BCUT2D eigenvalue weighted by Gasteiger charge is -2.18. The number of anilines is 1. The van der Waals surface area contributed by atoms with E-state index in [1.807, 2.05) is 13.8 Å². The molecule has 2 atom stereocenters. The Balaban J connectivity index is 2.83. The first-order chi connectivity index (χ1) is 8.99. The highest BCUT2D eigenvalue weighted by atomic mass is 16.6. The van der Waals surface area contributed by atoms with Crippen LogP contribution < -0.4 is 5.32 Å².